The van der Waals surface area contributed by atoms with E-state index in [9.17, 15) is 19.8 Å². The monoisotopic (exact) mass is 534 g/mol. The summed E-state index contributed by atoms with van der Waals surface area (Å²) < 4.78 is 11.5. The zero-order valence-corrected chi connectivity index (χ0v) is 23.4. The molecule has 37 heavy (non-hydrogen) atoms. The zero-order valence-electron chi connectivity index (χ0n) is 22.6. The van der Waals surface area contributed by atoms with Gasteiger partial charge in [0.1, 0.15) is 5.78 Å². The lowest BCUT2D eigenvalue weighted by Crippen LogP contribution is -2.48. The molecule has 4 rings (SSSR count). The van der Waals surface area contributed by atoms with Gasteiger partial charge in [-0.3, -0.25) is 9.59 Å². The Morgan fingerprint density at radius 3 is 2.65 bits per heavy atom. The number of aliphatic hydroxyl groups is 2. The van der Waals surface area contributed by atoms with Crippen molar-refractivity contribution < 1.29 is 29.3 Å². The fourth-order valence-electron chi connectivity index (χ4n) is 5.47. The maximum absolute atomic E-state index is 13.7. The van der Waals surface area contributed by atoms with Gasteiger partial charge in [0.05, 0.1) is 65.2 Å². The molecule has 0 spiro atoms. The maximum atomic E-state index is 13.7. The first-order valence-corrected chi connectivity index (χ1v) is 14.4. The van der Waals surface area contributed by atoms with Crippen molar-refractivity contribution in [3.8, 4) is 0 Å². The fourth-order valence-corrected chi connectivity index (χ4v) is 6.05. The van der Waals surface area contributed by atoms with Crippen molar-refractivity contribution in [2.45, 2.75) is 109 Å². The minimum absolute atomic E-state index is 0.00969. The normalized spacial score (nSPS) is 39.3. The third kappa shape index (κ3) is 7.06. The number of hydrogen-bond acceptors (Lipinski definition) is 8. The van der Waals surface area contributed by atoms with Gasteiger partial charge in [-0.15, -0.1) is 11.3 Å². The van der Waals surface area contributed by atoms with E-state index in [1.807, 2.05) is 31.4 Å². The van der Waals surface area contributed by atoms with Gasteiger partial charge in [0.2, 0.25) is 5.91 Å². The number of rotatable bonds is 4. The molecule has 4 heterocycles. The van der Waals surface area contributed by atoms with Gasteiger partial charge in [-0.25, -0.2) is 4.98 Å². The number of fused-ring (bicyclic) bond motifs is 1. The molecule has 9 heteroatoms. The SMILES string of the molecule is Cc1nc(C=CC2CC3OC3(C)CCCC(C)C(O)C(CC3CO3)C(=O)C(C)(C)C(O)CC(=O)N2)cs1. The highest BCUT2D eigenvalue weighted by Gasteiger charge is 2.52. The number of aryl methyl sites for hydroxylation is 1. The molecule has 0 saturated carbocycles. The number of carbonyl (C=O) groups is 2. The van der Waals surface area contributed by atoms with E-state index in [0.29, 0.717) is 19.4 Å². The number of ketones is 1. The Labute approximate surface area is 223 Å². The van der Waals surface area contributed by atoms with Crippen LogP contribution in [0.25, 0.3) is 6.08 Å². The molecule has 8 unspecified atom stereocenters. The van der Waals surface area contributed by atoms with E-state index in [0.717, 1.165) is 30.0 Å². The van der Waals surface area contributed by atoms with Gasteiger partial charge in [-0.1, -0.05) is 33.3 Å². The van der Waals surface area contributed by atoms with Gasteiger partial charge in [0.15, 0.2) is 0 Å². The Hall–Kier alpha value is -1.65. The van der Waals surface area contributed by atoms with Gasteiger partial charge >= 0.3 is 0 Å². The van der Waals surface area contributed by atoms with Crippen molar-refractivity contribution in [3.05, 3.63) is 22.2 Å². The Morgan fingerprint density at radius 1 is 1.27 bits per heavy atom. The average molecular weight is 535 g/mol. The minimum atomic E-state index is -1.20. The van der Waals surface area contributed by atoms with Gasteiger partial charge in [0, 0.05) is 17.7 Å². The average Bonchev–Trinajstić information content (AvgIpc) is 3.72. The van der Waals surface area contributed by atoms with Crippen LogP contribution in [0.5, 0.6) is 0 Å². The molecule has 0 aliphatic carbocycles. The number of carbonyl (C=O) groups excluding carboxylic acids is 2. The number of epoxide rings is 2. The summed E-state index contributed by atoms with van der Waals surface area (Å²) in [5.41, 5.74) is -0.627. The van der Waals surface area contributed by atoms with Crippen LogP contribution < -0.4 is 5.32 Å². The summed E-state index contributed by atoms with van der Waals surface area (Å²) in [7, 11) is 0. The highest BCUT2D eigenvalue weighted by atomic mass is 32.1. The summed E-state index contributed by atoms with van der Waals surface area (Å²) in [5, 5.41) is 28.2. The van der Waals surface area contributed by atoms with Crippen LogP contribution in [0, 0.1) is 24.2 Å². The molecule has 8 atom stereocenters. The number of nitrogens with zero attached hydrogens (tertiary/aromatic N) is 1. The molecule has 3 saturated heterocycles. The minimum Gasteiger partial charge on any atom is -0.392 e. The molecule has 3 fully saturated rings. The third-order valence-corrected chi connectivity index (χ3v) is 9.21. The summed E-state index contributed by atoms with van der Waals surface area (Å²) in [5.74, 6) is -1.29. The second kappa shape index (κ2) is 11.2. The van der Waals surface area contributed by atoms with Crippen LogP contribution in [0.15, 0.2) is 11.5 Å². The molecule has 3 aliphatic heterocycles. The Bertz CT molecular complexity index is 1000. The lowest BCUT2D eigenvalue weighted by Gasteiger charge is -2.36. The standard InChI is InChI=1S/C28H42N2O6S/c1-16-7-6-10-28(5)23(36-28)11-18(8-9-19-15-37-17(2)29-19)30-24(32)13-22(31)27(3,4)26(34)21(25(16)33)12-20-14-35-20/h8-9,15-16,18,20-23,25,31,33H,6-7,10-14H2,1-5H3,(H,30,32). The predicted molar refractivity (Wildman–Crippen MR) is 142 cm³/mol. The first-order valence-electron chi connectivity index (χ1n) is 13.5. The highest BCUT2D eigenvalue weighted by Crippen LogP contribution is 2.44. The van der Waals surface area contributed by atoms with E-state index >= 15 is 0 Å². The molecular weight excluding hydrogens is 492 g/mol. The molecule has 0 aromatic carbocycles. The fraction of sp³-hybridized carbons (Fsp3) is 0.750. The summed E-state index contributed by atoms with van der Waals surface area (Å²) in [6.07, 6.45) is 5.11. The van der Waals surface area contributed by atoms with Crippen molar-refractivity contribution >= 4 is 29.1 Å². The van der Waals surface area contributed by atoms with Crippen LogP contribution in [0.4, 0.5) is 0 Å². The molecule has 1 amide bonds. The zero-order chi connectivity index (χ0) is 27.0. The molecular formula is C28H42N2O6S. The Balaban J connectivity index is 1.55. The van der Waals surface area contributed by atoms with Crippen LogP contribution in [0.1, 0.15) is 76.9 Å². The first-order chi connectivity index (χ1) is 17.4. The Kier molecular flexibility index (Phi) is 8.60. The van der Waals surface area contributed by atoms with Crippen molar-refractivity contribution in [1.82, 2.24) is 10.3 Å². The lowest BCUT2D eigenvalue weighted by molar-refractivity contribution is -0.144. The predicted octanol–water partition coefficient (Wildman–Crippen LogP) is 3.43. The third-order valence-electron chi connectivity index (χ3n) is 8.42. The van der Waals surface area contributed by atoms with Gasteiger partial charge < -0.3 is 25.0 Å². The summed E-state index contributed by atoms with van der Waals surface area (Å²) in [4.78, 5) is 31.2. The van der Waals surface area contributed by atoms with Gasteiger partial charge in [0.25, 0.3) is 0 Å². The summed E-state index contributed by atoms with van der Waals surface area (Å²) in [6.45, 7) is 9.94. The van der Waals surface area contributed by atoms with E-state index in [-0.39, 0.29) is 47.9 Å². The number of thiazole rings is 1. The van der Waals surface area contributed by atoms with E-state index in [4.69, 9.17) is 9.47 Å². The molecule has 1 aromatic rings. The van der Waals surface area contributed by atoms with E-state index in [1.165, 1.54) is 0 Å². The molecule has 1 aromatic heterocycles. The van der Waals surface area contributed by atoms with Crippen molar-refractivity contribution in [2.75, 3.05) is 6.61 Å². The number of ether oxygens (including phenoxy) is 2. The van der Waals surface area contributed by atoms with Crippen molar-refractivity contribution in [1.29, 1.82) is 0 Å². The van der Waals surface area contributed by atoms with Crippen LogP contribution in [0.3, 0.4) is 0 Å². The quantitative estimate of drug-likeness (QED) is 0.506. The summed E-state index contributed by atoms with van der Waals surface area (Å²) >= 11 is 1.57. The largest absolute Gasteiger partial charge is 0.392 e. The van der Waals surface area contributed by atoms with Gasteiger partial charge in [-0.05, 0) is 45.1 Å². The second-order valence-corrected chi connectivity index (χ2v) is 13.0. The Morgan fingerprint density at radius 2 is 2.00 bits per heavy atom. The number of aliphatic hydroxyl groups excluding tert-OH is 2. The van der Waals surface area contributed by atoms with Crippen LogP contribution >= 0.6 is 11.3 Å². The topological polar surface area (TPSA) is 125 Å². The lowest BCUT2D eigenvalue weighted by atomic mass is 9.71. The molecule has 3 N–H and O–H groups in total. The summed E-state index contributed by atoms with van der Waals surface area (Å²) in [6, 6.07) is -0.291. The molecule has 0 bridgehead atoms. The highest BCUT2D eigenvalue weighted by molar-refractivity contribution is 7.09. The number of amides is 1. The van der Waals surface area contributed by atoms with Crippen molar-refractivity contribution in [3.63, 3.8) is 0 Å². The smallest absolute Gasteiger partial charge is 0.223 e. The van der Waals surface area contributed by atoms with E-state index < -0.39 is 23.5 Å². The maximum Gasteiger partial charge on any atom is 0.223 e. The van der Waals surface area contributed by atoms with Crippen LogP contribution in [-0.4, -0.2) is 69.6 Å². The molecule has 8 nitrogen and oxygen atoms in total. The second-order valence-electron chi connectivity index (χ2n) is 11.9. The van der Waals surface area contributed by atoms with Crippen LogP contribution in [-0.2, 0) is 19.1 Å². The van der Waals surface area contributed by atoms with E-state index in [2.05, 4.69) is 17.2 Å². The molecule has 0 radical (unpaired) electrons. The number of nitrogens with one attached hydrogen (secondary N) is 1. The first kappa shape index (κ1) is 28.4. The van der Waals surface area contributed by atoms with Crippen LogP contribution in [0.2, 0.25) is 0 Å². The van der Waals surface area contributed by atoms with Gasteiger partial charge in [-0.2, -0.15) is 0 Å². The van der Waals surface area contributed by atoms with Crippen molar-refractivity contribution in [2.24, 2.45) is 17.3 Å². The number of aromatic nitrogens is 1. The van der Waals surface area contributed by atoms with E-state index in [1.54, 1.807) is 25.2 Å². The molecule has 3 aliphatic rings. The molecule has 206 valence electrons. The number of Topliss-reactive ketones (excluding diaryl/α,β-unsaturated/α-hetero) is 1. The number of hydrogen-bond donors (Lipinski definition) is 3.